The fourth-order valence-corrected chi connectivity index (χ4v) is 2.19. The van der Waals surface area contributed by atoms with Crippen molar-refractivity contribution in [3.8, 4) is 0 Å². The van der Waals surface area contributed by atoms with Gasteiger partial charge in [-0.25, -0.2) is 4.79 Å². The van der Waals surface area contributed by atoms with E-state index in [9.17, 15) is 4.79 Å². The molecule has 15 heavy (non-hydrogen) atoms. The van der Waals surface area contributed by atoms with Gasteiger partial charge >= 0.3 is 6.09 Å². The van der Waals surface area contributed by atoms with Crippen LogP contribution in [0.1, 0.15) is 19.4 Å². The van der Waals surface area contributed by atoms with Crippen LogP contribution in [0.25, 0.3) is 0 Å². The second-order valence-corrected chi connectivity index (χ2v) is 4.42. The van der Waals surface area contributed by atoms with Gasteiger partial charge < -0.3 is 4.74 Å². The molecule has 0 unspecified atom stereocenters. The minimum atomic E-state index is -0.287. The Labute approximate surface area is 89.7 Å². The number of ether oxygens (including phenoxy) is 1. The quantitative estimate of drug-likeness (QED) is 0.651. The fourth-order valence-electron chi connectivity index (χ4n) is 2.19. The van der Waals surface area contributed by atoms with Crippen LogP contribution in [-0.4, -0.2) is 18.7 Å². The molecule has 1 aliphatic rings. The third-order valence-electron chi connectivity index (χ3n) is 2.82. The van der Waals surface area contributed by atoms with Crippen molar-refractivity contribution < 1.29 is 9.53 Å². The minimum Gasteiger partial charge on any atom is -0.452 e. The van der Waals surface area contributed by atoms with Gasteiger partial charge in [-0.3, -0.25) is 4.90 Å². The zero-order valence-electron chi connectivity index (χ0n) is 9.28. The van der Waals surface area contributed by atoms with Gasteiger partial charge in [0.1, 0.15) is 0 Å². The molecule has 80 valence electrons. The molecule has 1 aliphatic heterocycles. The molecule has 0 saturated carbocycles. The average Bonchev–Trinajstić information content (AvgIpc) is 2.46. The van der Waals surface area contributed by atoms with Gasteiger partial charge in [0.2, 0.25) is 0 Å². The van der Waals surface area contributed by atoms with Crippen LogP contribution in [0.5, 0.6) is 0 Å². The molecule has 1 aromatic rings. The zero-order valence-corrected chi connectivity index (χ0v) is 9.28. The van der Waals surface area contributed by atoms with Crippen LogP contribution >= 0.6 is 0 Å². The highest BCUT2D eigenvalue weighted by atomic mass is 16.5. The Bertz CT molecular complexity index is 398. The second-order valence-electron chi connectivity index (χ2n) is 4.42. The SMILES string of the molecule is COC(=O)N1c2ccccc2CC1(C)C. The normalized spacial score (nSPS) is 17.4. The lowest BCUT2D eigenvalue weighted by Crippen LogP contribution is -2.45. The molecular formula is C12H15NO2. The van der Waals surface area contributed by atoms with Crippen LogP contribution in [-0.2, 0) is 11.2 Å². The summed E-state index contributed by atoms with van der Waals surface area (Å²) < 4.78 is 4.81. The van der Waals surface area contributed by atoms with Crippen LogP contribution < -0.4 is 4.90 Å². The number of methoxy groups -OCH3 is 1. The number of benzene rings is 1. The van der Waals surface area contributed by atoms with E-state index in [4.69, 9.17) is 4.74 Å². The third-order valence-corrected chi connectivity index (χ3v) is 2.82. The number of hydrogen-bond acceptors (Lipinski definition) is 2. The summed E-state index contributed by atoms with van der Waals surface area (Å²) in [5, 5.41) is 0. The molecule has 0 spiro atoms. The number of para-hydroxylation sites is 1. The van der Waals surface area contributed by atoms with Crippen LogP contribution in [0.3, 0.4) is 0 Å². The Balaban J connectivity index is 2.48. The summed E-state index contributed by atoms with van der Waals surface area (Å²) in [6.07, 6.45) is 0.586. The maximum atomic E-state index is 11.7. The average molecular weight is 205 g/mol. The highest BCUT2D eigenvalue weighted by molar-refractivity contribution is 5.92. The number of hydrogen-bond donors (Lipinski definition) is 0. The van der Waals surface area contributed by atoms with Crippen molar-refractivity contribution in [1.82, 2.24) is 0 Å². The first-order chi connectivity index (χ1) is 7.06. The molecule has 0 radical (unpaired) electrons. The van der Waals surface area contributed by atoms with Gasteiger partial charge in [-0.15, -0.1) is 0 Å². The summed E-state index contributed by atoms with van der Waals surface area (Å²) in [6, 6.07) is 7.95. The summed E-state index contributed by atoms with van der Waals surface area (Å²) in [4.78, 5) is 13.4. The first-order valence-electron chi connectivity index (χ1n) is 5.02. The monoisotopic (exact) mass is 205 g/mol. The molecule has 0 saturated heterocycles. The van der Waals surface area contributed by atoms with Gasteiger partial charge in [-0.05, 0) is 31.9 Å². The summed E-state index contributed by atoms with van der Waals surface area (Å²) in [6.45, 7) is 4.09. The smallest absolute Gasteiger partial charge is 0.414 e. The summed E-state index contributed by atoms with van der Waals surface area (Å²) >= 11 is 0. The zero-order chi connectivity index (χ0) is 11.1. The number of carbonyl (C=O) groups excluding carboxylic acids is 1. The lowest BCUT2D eigenvalue weighted by Gasteiger charge is -2.30. The van der Waals surface area contributed by atoms with E-state index in [1.54, 1.807) is 4.90 Å². The van der Waals surface area contributed by atoms with Crippen LogP contribution in [0.4, 0.5) is 10.5 Å². The largest absolute Gasteiger partial charge is 0.452 e. The van der Waals surface area contributed by atoms with Gasteiger partial charge in [-0.2, -0.15) is 0 Å². The van der Waals surface area contributed by atoms with Gasteiger partial charge in [0.05, 0.1) is 12.8 Å². The number of nitrogens with zero attached hydrogens (tertiary/aromatic N) is 1. The number of carbonyl (C=O) groups is 1. The van der Waals surface area contributed by atoms with Crippen molar-refractivity contribution >= 4 is 11.8 Å². The molecule has 0 atom stereocenters. The highest BCUT2D eigenvalue weighted by Crippen LogP contribution is 2.38. The van der Waals surface area contributed by atoms with E-state index < -0.39 is 0 Å². The van der Waals surface area contributed by atoms with E-state index in [-0.39, 0.29) is 11.6 Å². The Kier molecular flexibility index (Phi) is 2.18. The molecule has 3 nitrogen and oxygen atoms in total. The Hall–Kier alpha value is -1.51. The lowest BCUT2D eigenvalue weighted by molar-refractivity contribution is 0.173. The van der Waals surface area contributed by atoms with Crippen molar-refractivity contribution in [3.05, 3.63) is 29.8 Å². The minimum absolute atomic E-state index is 0.198. The molecule has 2 rings (SSSR count). The van der Waals surface area contributed by atoms with E-state index in [0.717, 1.165) is 12.1 Å². The van der Waals surface area contributed by atoms with E-state index in [2.05, 4.69) is 6.07 Å². The highest BCUT2D eigenvalue weighted by Gasteiger charge is 2.40. The maximum absolute atomic E-state index is 11.7. The number of amides is 1. The molecule has 1 heterocycles. The Morgan fingerprint density at radius 3 is 2.73 bits per heavy atom. The third kappa shape index (κ3) is 1.48. The lowest BCUT2D eigenvalue weighted by atomic mass is 10.00. The van der Waals surface area contributed by atoms with Crippen molar-refractivity contribution in [1.29, 1.82) is 0 Å². The summed E-state index contributed by atoms with van der Waals surface area (Å²) in [7, 11) is 1.42. The van der Waals surface area contributed by atoms with E-state index in [0.29, 0.717) is 0 Å². The fraction of sp³-hybridized carbons (Fsp3) is 0.417. The van der Waals surface area contributed by atoms with Gasteiger partial charge in [-0.1, -0.05) is 18.2 Å². The molecule has 1 aromatic carbocycles. The topological polar surface area (TPSA) is 29.5 Å². The standard InChI is InChI=1S/C12H15NO2/c1-12(2)8-9-6-4-5-7-10(9)13(12)11(14)15-3/h4-7H,8H2,1-3H3. The maximum Gasteiger partial charge on any atom is 0.414 e. The summed E-state index contributed by atoms with van der Waals surface area (Å²) in [5.74, 6) is 0. The molecule has 0 N–H and O–H groups in total. The Morgan fingerprint density at radius 1 is 1.40 bits per heavy atom. The molecule has 1 amide bonds. The number of anilines is 1. The van der Waals surface area contributed by atoms with Crippen LogP contribution in [0.15, 0.2) is 24.3 Å². The van der Waals surface area contributed by atoms with Gasteiger partial charge in [0.25, 0.3) is 0 Å². The molecule has 3 heteroatoms. The molecule has 0 aliphatic carbocycles. The Morgan fingerprint density at radius 2 is 2.07 bits per heavy atom. The summed E-state index contributed by atoms with van der Waals surface area (Å²) in [5.41, 5.74) is 1.97. The first-order valence-corrected chi connectivity index (χ1v) is 5.02. The number of fused-ring (bicyclic) bond motifs is 1. The molecule has 0 bridgehead atoms. The van der Waals surface area contributed by atoms with Gasteiger partial charge in [0, 0.05) is 5.54 Å². The van der Waals surface area contributed by atoms with Crippen molar-refractivity contribution in [2.24, 2.45) is 0 Å². The van der Waals surface area contributed by atoms with Crippen molar-refractivity contribution in [2.45, 2.75) is 25.8 Å². The first kappa shape index (κ1) is 10.0. The van der Waals surface area contributed by atoms with E-state index >= 15 is 0 Å². The van der Waals surface area contributed by atoms with Crippen LogP contribution in [0.2, 0.25) is 0 Å². The predicted molar refractivity (Wildman–Crippen MR) is 59.1 cm³/mol. The number of rotatable bonds is 0. The second kappa shape index (κ2) is 3.26. The van der Waals surface area contributed by atoms with Crippen molar-refractivity contribution in [3.63, 3.8) is 0 Å². The molecule has 0 fully saturated rings. The predicted octanol–water partition coefficient (Wildman–Crippen LogP) is 2.59. The van der Waals surface area contributed by atoms with Crippen LogP contribution in [0, 0.1) is 0 Å². The molecule has 0 aromatic heterocycles. The van der Waals surface area contributed by atoms with Crippen molar-refractivity contribution in [2.75, 3.05) is 12.0 Å². The molecular weight excluding hydrogens is 190 g/mol. The van der Waals surface area contributed by atoms with E-state index in [1.165, 1.54) is 12.7 Å². The van der Waals surface area contributed by atoms with E-state index in [1.807, 2.05) is 32.0 Å². The van der Waals surface area contributed by atoms with Gasteiger partial charge in [0.15, 0.2) is 0 Å².